The molecule has 1 saturated heterocycles. The summed E-state index contributed by atoms with van der Waals surface area (Å²) in [6, 6.07) is 16.7. The van der Waals surface area contributed by atoms with E-state index in [0.29, 0.717) is 24.3 Å². The predicted octanol–water partition coefficient (Wildman–Crippen LogP) is 4.10. The number of methoxy groups -OCH3 is 1. The van der Waals surface area contributed by atoms with E-state index in [-0.39, 0.29) is 5.56 Å². The molecule has 0 spiro atoms. The first-order valence-electron chi connectivity index (χ1n) is 9.70. The molecule has 4 rings (SSSR count). The van der Waals surface area contributed by atoms with Gasteiger partial charge in [-0.15, -0.1) is 0 Å². The molecule has 1 N–H and O–H groups in total. The third-order valence-corrected chi connectivity index (χ3v) is 5.37. The molecular weight excluding hydrogens is 373 g/mol. The number of H-pyrrole nitrogens is 1. The lowest BCUT2D eigenvalue weighted by molar-refractivity contribution is -0.148. The summed E-state index contributed by atoms with van der Waals surface area (Å²) < 4.78 is 32.6. The second-order valence-electron chi connectivity index (χ2n) is 7.32. The Bertz CT molecular complexity index is 1040. The van der Waals surface area contributed by atoms with Crippen LogP contribution in [0.25, 0.3) is 10.9 Å². The molecule has 2 aromatic carbocycles. The maximum atomic E-state index is 15.2. The number of benzene rings is 2. The number of rotatable bonds is 5. The largest absolute Gasteiger partial charge is 0.483 e. The summed E-state index contributed by atoms with van der Waals surface area (Å²) in [4.78, 5) is 14.7. The van der Waals surface area contributed by atoms with E-state index in [1.54, 1.807) is 6.92 Å². The van der Waals surface area contributed by atoms with Crippen molar-refractivity contribution in [1.29, 1.82) is 0 Å². The number of nitrogens with one attached hydrogen (secondary N) is 1. The number of ether oxygens (including phenoxy) is 3. The fourth-order valence-electron chi connectivity index (χ4n) is 3.77. The number of aromatic amines is 1. The van der Waals surface area contributed by atoms with Crippen LogP contribution in [0.5, 0.6) is 5.75 Å². The van der Waals surface area contributed by atoms with Gasteiger partial charge in [0.15, 0.2) is 12.3 Å². The normalized spacial score (nSPS) is 23.1. The highest BCUT2D eigenvalue weighted by Gasteiger charge is 2.41. The molecule has 4 unspecified atom stereocenters. The molecule has 1 aromatic heterocycles. The number of hydrogen-bond donors (Lipinski definition) is 1. The summed E-state index contributed by atoms with van der Waals surface area (Å²) in [6.07, 6.45) is -2.83. The van der Waals surface area contributed by atoms with E-state index in [2.05, 4.69) is 4.98 Å². The summed E-state index contributed by atoms with van der Waals surface area (Å²) in [6.45, 7) is 2.16. The minimum absolute atomic E-state index is 0.121. The van der Waals surface area contributed by atoms with Gasteiger partial charge in [-0.05, 0) is 54.6 Å². The monoisotopic (exact) mass is 397 g/mol. The third kappa shape index (κ3) is 4.04. The first-order chi connectivity index (χ1) is 14.1. The molecule has 152 valence electrons. The quantitative estimate of drug-likeness (QED) is 0.704. The highest BCUT2D eigenvalue weighted by atomic mass is 19.1. The van der Waals surface area contributed by atoms with Gasteiger partial charge in [0.05, 0.1) is 6.10 Å². The molecule has 29 heavy (non-hydrogen) atoms. The lowest BCUT2D eigenvalue weighted by atomic mass is 9.93. The maximum absolute atomic E-state index is 15.2. The van der Waals surface area contributed by atoms with Crippen molar-refractivity contribution in [3.05, 3.63) is 76.1 Å². The second kappa shape index (κ2) is 8.35. The first-order valence-corrected chi connectivity index (χ1v) is 9.70. The van der Waals surface area contributed by atoms with Gasteiger partial charge < -0.3 is 19.2 Å². The van der Waals surface area contributed by atoms with Crippen molar-refractivity contribution in [3.63, 3.8) is 0 Å². The van der Waals surface area contributed by atoms with Gasteiger partial charge in [-0.2, -0.15) is 0 Å². The molecule has 4 atom stereocenters. The average molecular weight is 397 g/mol. The Morgan fingerprint density at radius 3 is 2.72 bits per heavy atom. The molecule has 6 heteroatoms. The molecule has 1 aliphatic heterocycles. The molecule has 2 heterocycles. The Balaban J connectivity index is 1.76. The highest BCUT2D eigenvalue weighted by Crippen LogP contribution is 2.34. The SMILES string of the molecule is COC1CCOC(C(Oc2ccccc2)c2ccc3[nH]c(=O)c(C)cc3c2)C1F. The van der Waals surface area contributed by atoms with Crippen molar-refractivity contribution in [2.75, 3.05) is 13.7 Å². The zero-order chi connectivity index (χ0) is 20.4. The third-order valence-electron chi connectivity index (χ3n) is 5.37. The number of alkyl halides is 1. The van der Waals surface area contributed by atoms with E-state index >= 15 is 4.39 Å². The van der Waals surface area contributed by atoms with Crippen LogP contribution in [0.1, 0.15) is 23.7 Å². The number of hydrogen-bond acceptors (Lipinski definition) is 4. The van der Waals surface area contributed by atoms with Crippen molar-refractivity contribution in [1.82, 2.24) is 4.98 Å². The zero-order valence-corrected chi connectivity index (χ0v) is 16.4. The Morgan fingerprint density at radius 1 is 1.17 bits per heavy atom. The summed E-state index contributed by atoms with van der Waals surface area (Å²) in [5, 5.41) is 0.857. The van der Waals surface area contributed by atoms with Crippen molar-refractivity contribution < 1.29 is 18.6 Å². The van der Waals surface area contributed by atoms with E-state index in [4.69, 9.17) is 14.2 Å². The number of pyridine rings is 1. The van der Waals surface area contributed by atoms with Gasteiger partial charge in [-0.1, -0.05) is 24.3 Å². The molecule has 0 saturated carbocycles. The van der Waals surface area contributed by atoms with Gasteiger partial charge in [-0.25, -0.2) is 4.39 Å². The van der Waals surface area contributed by atoms with Crippen LogP contribution >= 0.6 is 0 Å². The van der Waals surface area contributed by atoms with Crippen LogP contribution in [0, 0.1) is 6.92 Å². The number of aryl methyl sites for hydroxylation is 1. The van der Waals surface area contributed by atoms with Crippen molar-refractivity contribution >= 4 is 10.9 Å². The van der Waals surface area contributed by atoms with Crippen molar-refractivity contribution in [2.45, 2.75) is 37.8 Å². The molecule has 3 aromatic rings. The fraction of sp³-hybridized carbons (Fsp3) is 0.348. The minimum atomic E-state index is -1.32. The van der Waals surface area contributed by atoms with Crippen molar-refractivity contribution in [2.24, 2.45) is 0 Å². The summed E-state index contributed by atoms with van der Waals surface area (Å²) in [7, 11) is 1.52. The highest BCUT2D eigenvalue weighted by molar-refractivity contribution is 5.79. The Labute approximate surface area is 168 Å². The maximum Gasteiger partial charge on any atom is 0.251 e. The van der Waals surface area contributed by atoms with Gasteiger partial charge in [0, 0.05) is 24.8 Å². The van der Waals surface area contributed by atoms with Crippen LogP contribution in [0.15, 0.2) is 59.4 Å². The average Bonchev–Trinajstić information content (AvgIpc) is 2.74. The number of fused-ring (bicyclic) bond motifs is 1. The van der Waals surface area contributed by atoms with E-state index in [0.717, 1.165) is 16.5 Å². The van der Waals surface area contributed by atoms with E-state index in [1.807, 2.05) is 54.6 Å². The zero-order valence-electron chi connectivity index (χ0n) is 16.4. The van der Waals surface area contributed by atoms with E-state index in [1.165, 1.54) is 7.11 Å². The van der Waals surface area contributed by atoms with Crippen LogP contribution < -0.4 is 10.3 Å². The molecule has 0 bridgehead atoms. The molecule has 5 nitrogen and oxygen atoms in total. The Hall–Kier alpha value is -2.70. The van der Waals surface area contributed by atoms with Gasteiger partial charge in [0.25, 0.3) is 5.56 Å². The lowest BCUT2D eigenvalue weighted by Gasteiger charge is -2.37. The van der Waals surface area contributed by atoms with Crippen molar-refractivity contribution in [3.8, 4) is 5.75 Å². The van der Waals surface area contributed by atoms with Crippen LogP contribution in [-0.2, 0) is 9.47 Å². The van der Waals surface area contributed by atoms with Crippen LogP contribution in [-0.4, -0.2) is 37.1 Å². The number of para-hydroxylation sites is 1. The lowest BCUT2D eigenvalue weighted by Crippen LogP contribution is -2.47. The fourth-order valence-corrected chi connectivity index (χ4v) is 3.77. The summed E-state index contributed by atoms with van der Waals surface area (Å²) >= 11 is 0. The summed E-state index contributed by atoms with van der Waals surface area (Å²) in [5.74, 6) is 0.630. The minimum Gasteiger partial charge on any atom is -0.483 e. The second-order valence-corrected chi connectivity index (χ2v) is 7.32. The van der Waals surface area contributed by atoms with Crippen LogP contribution in [0.3, 0.4) is 0 Å². The summed E-state index contributed by atoms with van der Waals surface area (Å²) in [5.41, 5.74) is 1.99. The van der Waals surface area contributed by atoms with Gasteiger partial charge in [0.2, 0.25) is 0 Å². The smallest absolute Gasteiger partial charge is 0.251 e. The molecular formula is C23H24FNO4. The Morgan fingerprint density at radius 2 is 1.97 bits per heavy atom. The van der Waals surface area contributed by atoms with Gasteiger partial charge in [0.1, 0.15) is 11.9 Å². The molecule has 1 fully saturated rings. The first kappa shape index (κ1) is 19.6. The van der Waals surface area contributed by atoms with Gasteiger partial charge in [-0.3, -0.25) is 4.79 Å². The Kier molecular flexibility index (Phi) is 5.65. The predicted molar refractivity (Wildman–Crippen MR) is 109 cm³/mol. The molecule has 0 amide bonds. The van der Waals surface area contributed by atoms with Gasteiger partial charge >= 0.3 is 0 Å². The van der Waals surface area contributed by atoms with E-state index in [9.17, 15) is 4.79 Å². The molecule has 1 aliphatic rings. The molecule has 0 radical (unpaired) electrons. The number of aromatic nitrogens is 1. The van der Waals surface area contributed by atoms with Crippen LogP contribution in [0.4, 0.5) is 4.39 Å². The topological polar surface area (TPSA) is 60.6 Å². The standard InChI is InChI=1S/C23H24FNO4/c1-14-12-16-13-15(8-9-18(16)25-23(14)26)21(29-17-6-4-3-5-7-17)22-20(24)19(27-2)10-11-28-22/h3-9,12-13,19-22H,10-11H2,1-2H3,(H,25,26). The van der Waals surface area contributed by atoms with Crippen LogP contribution in [0.2, 0.25) is 0 Å². The molecule has 0 aliphatic carbocycles. The van der Waals surface area contributed by atoms with E-state index < -0.39 is 24.5 Å². The number of halogens is 1.